The lowest BCUT2D eigenvalue weighted by Crippen LogP contribution is -2.29. The number of benzene rings is 1. The van der Waals surface area contributed by atoms with Crippen molar-refractivity contribution < 1.29 is 9.53 Å². The molecule has 2 aromatic heterocycles. The second-order valence-corrected chi connectivity index (χ2v) is 5.72. The van der Waals surface area contributed by atoms with Crippen LogP contribution in [0, 0.1) is 0 Å². The normalized spacial score (nSPS) is 15.5. The number of anilines is 1. The van der Waals surface area contributed by atoms with Gasteiger partial charge in [-0.3, -0.25) is 4.79 Å². The Bertz CT molecular complexity index is 914. The van der Waals surface area contributed by atoms with Crippen molar-refractivity contribution in [2.75, 3.05) is 5.73 Å². The number of carbonyl (C=O) groups is 1. The van der Waals surface area contributed by atoms with Crippen molar-refractivity contribution in [2.24, 2.45) is 5.73 Å². The average molecular weight is 309 g/mol. The average Bonchev–Trinajstić information content (AvgIpc) is 3.22. The van der Waals surface area contributed by atoms with Gasteiger partial charge in [-0.2, -0.15) is 5.10 Å². The van der Waals surface area contributed by atoms with Crippen LogP contribution in [0.5, 0.6) is 11.5 Å². The van der Waals surface area contributed by atoms with Gasteiger partial charge in [0.05, 0.1) is 6.20 Å². The van der Waals surface area contributed by atoms with Gasteiger partial charge in [-0.1, -0.05) is 6.07 Å². The Hall–Kier alpha value is -3.09. The number of amides is 1. The van der Waals surface area contributed by atoms with Crippen LogP contribution in [-0.2, 0) is 10.2 Å². The number of hydrogen-bond donors (Lipinski definition) is 2. The molecule has 1 fully saturated rings. The lowest BCUT2D eigenvalue weighted by Gasteiger charge is -2.06. The molecule has 7 nitrogen and oxygen atoms in total. The number of primary amides is 1. The molecule has 2 heterocycles. The van der Waals surface area contributed by atoms with Gasteiger partial charge in [0, 0.05) is 11.8 Å². The Labute approximate surface area is 131 Å². The first kappa shape index (κ1) is 13.6. The number of pyridine rings is 1. The number of hydrogen-bond acceptors (Lipinski definition) is 5. The second-order valence-electron chi connectivity index (χ2n) is 5.72. The third-order valence-electron chi connectivity index (χ3n) is 4.05. The summed E-state index contributed by atoms with van der Waals surface area (Å²) in [6.45, 7) is 0. The summed E-state index contributed by atoms with van der Waals surface area (Å²) < 4.78 is 7.36. The highest BCUT2D eigenvalue weighted by molar-refractivity contribution is 5.88. The van der Waals surface area contributed by atoms with E-state index in [1.165, 1.54) is 0 Å². The number of nitrogens with two attached hydrogens (primary N) is 2. The number of fused-ring (bicyclic) bond motifs is 1. The quantitative estimate of drug-likeness (QED) is 0.712. The molecule has 23 heavy (non-hydrogen) atoms. The summed E-state index contributed by atoms with van der Waals surface area (Å²) in [4.78, 5) is 16.0. The zero-order valence-electron chi connectivity index (χ0n) is 12.3. The lowest BCUT2D eigenvalue weighted by molar-refractivity contribution is -0.120. The van der Waals surface area contributed by atoms with Crippen LogP contribution in [0.4, 0.5) is 5.69 Å². The van der Waals surface area contributed by atoms with Crippen molar-refractivity contribution in [3.05, 3.63) is 48.4 Å². The fraction of sp³-hybridized carbons (Fsp3) is 0.188. The van der Waals surface area contributed by atoms with Crippen LogP contribution in [0.2, 0.25) is 0 Å². The molecule has 1 aliphatic carbocycles. The minimum absolute atomic E-state index is 0.371. The van der Waals surface area contributed by atoms with Crippen LogP contribution in [0.1, 0.15) is 18.7 Å². The number of ether oxygens (including phenoxy) is 1. The molecule has 0 spiro atoms. The van der Waals surface area contributed by atoms with Crippen LogP contribution < -0.4 is 16.2 Å². The summed E-state index contributed by atoms with van der Waals surface area (Å²) in [5, 5.41) is 4.39. The first-order chi connectivity index (χ1) is 11.1. The van der Waals surface area contributed by atoms with Crippen molar-refractivity contribution in [1.82, 2.24) is 14.6 Å². The maximum Gasteiger partial charge on any atom is 0.231 e. The molecule has 7 heteroatoms. The van der Waals surface area contributed by atoms with E-state index in [0.29, 0.717) is 41.5 Å². The van der Waals surface area contributed by atoms with Gasteiger partial charge in [-0.15, -0.1) is 0 Å². The van der Waals surface area contributed by atoms with Crippen molar-refractivity contribution in [1.29, 1.82) is 0 Å². The van der Waals surface area contributed by atoms with Crippen LogP contribution in [0.25, 0.3) is 5.65 Å². The van der Waals surface area contributed by atoms with E-state index in [0.717, 1.165) is 0 Å². The molecule has 4 N–H and O–H groups in total. The largest absolute Gasteiger partial charge is 0.456 e. The van der Waals surface area contributed by atoms with Gasteiger partial charge in [0.1, 0.15) is 16.9 Å². The Morgan fingerprint density at radius 1 is 1.22 bits per heavy atom. The van der Waals surface area contributed by atoms with Crippen molar-refractivity contribution in [3.8, 4) is 11.5 Å². The van der Waals surface area contributed by atoms with Crippen LogP contribution in [0.15, 0.2) is 42.6 Å². The fourth-order valence-corrected chi connectivity index (χ4v) is 2.55. The van der Waals surface area contributed by atoms with E-state index >= 15 is 0 Å². The van der Waals surface area contributed by atoms with E-state index in [4.69, 9.17) is 16.2 Å². The van der Waals surface area contributed by atoms with Gasteiger partial charge in [-0.25, -0.2) is 9.50 Å². The van der Waals surface area contributed by atoms with E-state index in [1.54, 1.807) is 35.0 Å². The number of carbonyl (C=O) groups excluding carboxylic acids is 1. The number of nitrogens with zero attached hydrogens (tertiary/aromatic N) is 3. The lowest BCUT2D eigenvalue weighted by atomic mass is 10.1. The third kappa shape index (κ3) is 2.26. The first-order valence-corrected chi connectivity index (χ1v) is 7.27. The van der Waals surface area contributed by atoms with Gasteiger partial charge < -0.3 is 16.2 Å². The Balaban J connectivity index is 1.67. The Morgan fingerprint density at radius 3 is 2.74 bits per heavy atom. The van der Waals surface area contributed by atoms with Gasteiger partial charge in [0.15, 0.2) is 11.5 Å². The van der Waals surface area contributed by atoms with E-state index in [1.807, 2.05) is 12.1 Å². The van der Waals surface area contributed by atoms with Crippen LogP contribution >= 0.6 is 0 Å². The van der Waals surface area contributed by atoms with E-state index in [9.17, 15) is 4.79 Å². The summed E-state index contributed by atoms with van der Waals surface area (Å²) in [5.74, 6) is 1.35. The summed E-state index contributed by atoms with van der Waals surface area (Å²) >= 11 is 0. The molecule has 0 aliphatic heterocycles. The highest BCUT2D eigenvalue weighted by atomic mass is 16.5. The highest BCUT2D eigenvalue weighted by Gasteiger charge is 2.53. The minimum atomic E-state index is -0.694. The van der Waals surface area contributed by atoms with Gasteiger partial charge in [0.2, 0.25) is 5.91 Å². The molecule has 4 rings (SSSR count). The highest BCUT2D eigenvalue weighted by Crippen LogP contribution is 2.46. The van der Waals surface area contributed by atoms with Gasteiger partial charge >= 0.3 is 0 Å². The topological polar surface area (TPSA) is 109 Å². The molecule has 3 aromatic rings. The molecule has 1 aliphatic rings. The zero-order chi connectivity index (χ0) is 16.0. The first-order valence-electron chi connectivity index (χ1n) is 7.27. The van der Waals surface area contributed by atoms with Gasteiger partial charge in [0.25, 0.3) is 0 Å². The molecule has 1 amide bonds. The molecule has 1 aromatic carbocycles. The molecule has 0 radical (unpaired) electrons. The maximum absolute atomic E-state index is 11.6. The van der Waals surface area contributed by atoms with Crippen LogP contribution in [-0.4, -0.2) is 20.5 Å². The molecule has 0 atom stereocenters. The van der Waals surface area contributed by atoms with Crippen molar-refractivity contribution in [2.45, 2.75) is 18.3 Å². The maximum atomic E-state index is 11.6. The predicted octanol–water partition coefficient (Wildman–Crippen LogP) is 1.62. The summed E-state index contributed by atoms with van der Waals surface area (Å²) in [7, 11) is 0. The molecular formula is C16H15N5O2. The summed E-state index contributed by atoms with van der Waals surface area (Å²) in [6.07, 6.45) is 3.11. The van der Waals surface area contributed by atoms with E-state index in [-0.39, 0.29) is 5.91 Å². The summed E-state index contributed by atoms with van der Waals surface area (Å²) in [5.41, 5.74) is 11.8. The second kappa shape index (κ2) is 4.70. The number of aromatic nitrogens is 3. The molecule has 0 bridgehead atoms. The molecule has 0 unspecified atom stereocenters. The standard InChI is InChI=1S/C16H15N5O2/c17-10-2-1-3-11(8-10)23-12-4-5-13-19-15(20-21(13)9-12)16(6-7-16)14(18)22/h1-5,8-9H,6-7,17H2,(H2,18,22). The van der Waals surface area contributed by atoms with E-state index in [2.05, 4.69) is 10.1 Å². The number of nitrogen functional groups attached to an aromatic ring is 1. The molecule has 0 saturated heterocycles. The zero-order valence-corrected chi connectivity index (χ0v) is 12.3. The fourth-order valence-electron chi connectivity index (χ4n) is 2.55. The predicted molar refractivity (Wildman–Crippen MR) is 84.0 cm³/mol. The Kier molecular flexibility index (Phi) is 2.77. The Morgan fingerprint density at radius 2 is 2.04 bits per heavy atom. The third-order valence-corrected chi connectivity index (χ3v) is 4.05. The SMILES string of the molecule is NC(=O)C1(c2nc3ccc(Oc4cccc(N)c4)cn3n2)CC1. The van der Waals surface area contributed by atoms with Crippen molar-refractivity contribution >= 4 is 17.2 Å². The molecular weight excluding hydrogens is 294 g/mol. The molecule has 1 saturated carbocycles. The smallest absolute Gasteiger partial charge is 0.231 e. The number of rotatable bonds is 4. The monoisotopic (exact) mass is 309 g/mol. The van der Waals surface area contributed by atoms with Crippen LogP contribution in [0.3, 0.4) is 0 Å². The minimum Gasteiger partial charge on any atom is -0.456 e. The molecule has 116 valence electrons. The van der Waals surface area contributed by atoms with Gasteiger partial charge in [-0.05, 0) is 37.1 Å². The van der Waals surface area contributed by atoms with Crippen molar-refractivity contribution in [3.63, 3.8) is 0 Å². The van der Waals surface area contributed by atoms with E-state index < -0.39 is 5.41 Å². The summed E-state index contributed by atoms with van der Waals surface area (Å²) in [6, 6.07) is 10.7.